The topological polar surface area (TPSA) is 52.7 Å². The summed E-state index contributed by atoms with van der Waals surface area (Å²) in [5.41, 5.74) is 4.95. The number of anilines is 1. The zero-order chi connectivity index (χ0) is 20.1. The number of hydrogen-bond donors (Lipinski definition) is 1. The van der Waals surface area contributed by atoms with Gasteiger partial charge in [0.05, 0.1) is 6.54 Å². The van der Waals surface area contributed by atoms with E-state index in [2.05, 4.69) is 17.4 Å². The molecule has 0 saturated carbocycles. The molecule has 2 aromatic carbocycles. The Morgan fingerprint density at radius 1 is 0.963 bits per heavy atom. The molecule has 0 radical (unpaired) electrons. The number of carbonyl (C=O) groups excluding carboxylic acids is 2. The van der Waals surface area contributed by atoms with Gasteiger partial charge in [0, 0.05) is 19.8 Å². The highest BCUT2D eigenvalue weighted by molar-refractivity contribution is 5.94. The normalized spacial score (nSPS) is 12.0. The molecule has 5 heteroatoms. The second-order valence-electron chi connectivity index (χ2n) is 7.28. The van der Waals surface area contributed by atoms with Crippen LogP contribution in [0.3, 0.4) is 0 Å². The van der Waals surface area contributed by atoms with E-state index in [9.17, 15) is 9.59 Å². The lowest BCUT2D eigenvalue weighted by Crippen LogP contribution is -2.41. The predicted molar refractivity (Wildman–Crippen MR) is 110 cm³/mol. The predicted octanol–water partition coefficient (Wildman–Crippen LogP) is 3.31. The lowest BCUT2D eigenvalue weighted by molar-refractivity contribution is -0.134. The fourth-order valence-electron chi connectivity index (χ4n) is 3.34. The van der Waals surface area contributed by atoms with E-state index in [-0.39, 0.29) is 18.4 Å². The van der Waals surface area contributed by atoms with Gasteiger partial charge in [0.1, 0.15) is 6.04 Å². The van der Waals surface area contributed by atoms with E-state index in [0.717, 1.165) is 22.4 Å². The molecule has 0 aliphatic carbocycles. The van der Waals surface area contributed by atoms with Crippen molar-refractivity contribution in [3.8, 4) is 0 Å². The Morgan fingerprint density at radius 2 is 1.52 bits per heavy atom. The van der Waals surface area contributed by atoms with Gasteiger partial charge in [0.25, 0.3) is 0 Å². The van der Waals surface area contributed by atoms with Crippen LogP contribution < -0.4 is 5.32 Å². The molecule has 0 bridgehead atoms. The van der Waals surface area contributed by atoms with Crippen molar-refractivity contribution in [2.24, 2.45) is 0 Å². The second-order valence-corrected chi connectivity index (χ2v) is 7.28. The largest absolute Gasteiger partial charge is 0.347 e. The first-order chi connectivity index (χ1) is 12.7. The fourth-order valence-corrected chi connectivity index (χ4v) is 3.34. The summed E-state index contributed by atoms with van der Waals surface area (Å²) in [7, 11) is 5.25. The van der Waals surface area contributed by atoms with Crippen molar-refractivity contribution in [3.05, 3.63) is 64.7 Å². The monoisotopic (exact) mass is 367 g/mol. The van der Waals surface area contributed by atoms with Gasteiger partial charge in [0.2, 0.25) is 11.8 Å². The van der Waals surface area contributed by atoms with Crippen molar-refractivity contribution >= 4 is 17.5 Å². The van der Waals surface area contributed by atoms with Crippen LogP contribution in [0.2, 0.25) is 0 Å². The molecular formula is C22H29N3O2. The SMILES string of the molecule is Cc1cc(C)c(NC(=O)CN(C)[C@H](C(=O)N(C)C)c2ccccc2)c(C)c1. The molecule has 2 aromatic rings. The van der Waals surface area contributed by atoms with Crippen molar-refractivity contribution in [2.45, 2.75) is 26.8 Å². The molecule has 144 valence electrons. The van der Waals surface area contributed by atoms with Crippen molar-refractivity contribution < 1.29 is 9.59 Å². The maximum Gasteiger partial charge on any atom is 0.244 e. The van der Waals surface area contributed by atoms with Gasteiger partial charge in [0.15, 0.2) is 0 Å². The number of carbonyl (C=O) groups is 2. The van der Waals surface area contributed by atoms with Gasteiger partial charge in [-0.25, -0.2) is 0 Å². The summed E-state index contributed by atoms with van der Waals surface area (Å²) in [4.78, 5) is 28.7. The number of benzene rings is 2. The first-order valence-electron chi connectivity index (χ1n) is 9.04. The van der Waals surface area contributed by atoms with Gasteiger partial charge in [-0.3, -0.25) is 14.5 Å². The zero-order valence-electron chi connectivity index (χ0n) is 17.0. The van der Waals surface area contributed by atoms with Crippen LogP contribution in [-0.4, -0.2) is 49.3 Å². The third kappa shape index (κ3) is 5.17. The van der Waals surface area contributed by atoms with Gasteiger partial charge in [-0.1, -0.05) is 48.0 Å². The molecule has 27 heavy (non-hydrogen) atoms. The molecule has 1 atom stereocenters. The number of rotatable bonds is 6. The van der Waals surface area contributed by atoms with E-state index >= 15 is 0 Å². The first-order valence-corrected chi connectivity index (χ1v) is 9.04. The van der Waals surface area contributed by atoms with Crippen LogP contribution in [0.15, 0.2) is 42.5 Å². The maximum atomic E-state index is 12.7. The lowest BCUT2D eigenvalue weighted by atomic mass is 10.0. The Hall–Kier alpha value is -2.66. The van der Waals surface area contributed by atoms with Gasteiger partial charge in [-0.2, -0.15) is 0 Å². The number of hydrogen-bond acceptors (Lipinski definition) is 3. The van der Waals surface area contributed by atoms with Gasteiger partial charge in [-0.15, -0.1) is 0 Å². The summed E-state index contributed by atoms with van der Waals surface area (Å²) in [6.07, 6.45) is 0. The summed E-state index contributed by atoms with van der Waals surface area (Å²) in [6, 6.07) is 13.1. The molecule has 0 unspecified atom stereocenters. The van der Waals surface area contributed by atoms with Crippen molar-refractivity contribution in [2.75, 3.05) is 33.0 Å². The first kappa shape index (κ1) is 20.6. The number of amides is 2. The molecule has 0 fully saturated rings. The van der Waals surface area contributed by atoms with Crippen LogP contribution in [0.5, 0.6) is 0 Å². The van der Waals surface area contributed by atoms with Crippen LogP contribution in [0.1, 0.15) is 28.3 Å². The van der Waals surface area contributed by atoms with Crippen LogP contribution >= 0.6 is 0 Å². The third-order valence-electron chi connectivity index (χ3n) is 4.57. The van der Waals surface area contributed by atoms with Gasteiger partial charge >= 0.3 is 0 Å². The summed E-state index contributed by atoms with van der Waals surface area (Å²) < 4.78 is 0. The minimum atomic E-state index is -0.507. The Kier molecular flexibility index (Phi) is 6.75. The molecule has 0 aliphatic heterocycles. The Bertz CT molecular complexity index is 793. The van der Waals surface area contributed by atoms with Gasteiger partial charge < -0.3 is 10.2 Å². The van der Waals surface area contributed by atoms with E-state index in [1.807, 2.05) is 51.1 Å². The average molecular weight is 367 g/mol. The Balaban J connectivity index is 2.18. The molecular weight excluding hydrogens is 338 g/mol. The van der Waals surface area contributed by atoms with E-state index in [1.54, 1.807) is 30.9 Å². The maximum absolute atomic E-state index is 12.7. The minimum Gasteiger partial charge on any atom is -0.347 e. The minimum absolute atomic E-state index is 0.0563. The van der Waals surface area contributed by atoms with Crippen molar-refractivity contribution in [1.29, 1.82) is 0 Å². The molecule has 2 rings (SSSR count). The van der Waals surface area contributed by atoms with Gasteiger partial charge in [-0.05, 0) is 44.5 Å². The molecule has 0 spiro atoms. The smallest absolute Gasteiger partial charge is 0.244 e. The van der Waals surface area contributed by atoms with Crippen LogP contribution in [0.25, 0.3) is 0 Å². The summed E-state index contributed by atoms with van der Waals surface area (Å²) >= 11 is 0. The summed E-state index contributed by atoms with van der Waals surface area (Å²) in [5.74, 6) is -0.195. The lowest BCUT2D eigenvalue weighted by Gasteiger charge is -2.29. The molecule has 0 aliphatic rings. The second kappa shape index (κ2) is 8.82. The van der Waals surface area contributed by atoms with E-state index in [4.69, 9.17) is 0 Å². The highest BCUT2D eigenvalue weighted by Crippen LogP contribution is 2.23. The standard InChI is InChI=1S/C22H29N3O2/c1-15-12-16(2)20(17(3)13-15)23-19(26)14-25(6)21(22(27)24(4)5)18-10-8-7-9-11-18/h7-13,21H,14H2,1-6H3,(H,23,26)/t21-/m0/s1. The Labute approximate surface area is 162 Å². The number of aryl methyl sites for hydroxylation is 3. The average Bonchev–Trinajstić information content (AvgIpc) is 2.59. The zero-order valence-corrected chi connectivity index (χ0v) is 17.0. The quantitative estimate of drug-likeness (QED) is 0.852. The summed E-state index contributed by atoms with van der Waals surface area (Å²) in [5, 5.41) is 3.01. The molecule has 1 N–H and O–H groups in total. The number of likely N-dealkylation sites (N-methyl/N-ethyl adjacent to an activating group) is 2. The third-order valence-corrected chi connectivity index (χ3v) is 4.57. The number of nitrogens with one attached hydrogen (secondary N) is 1. The molecule has 0 heterocycles. The van der Waals surface area contributed by atoms with Crippen LogP contribution in [0, 0.1) is 20.8 Å². The molecule has 5 nitrogen and oxygen atoms in total. The Morgan fingerprint density at radius 3 is 2.04 bits per heavy atom. The van der Waals surface area contributed by atoms with E-state index in [1.165, 1.54) is 5.56 Å². The van der Waals surface area contributed by atoms with Crippen LogP contribution in [0.4, 0.5) is 5.69 Å². The van der Waals surface area contributed by atoms with Crippen LogP contribution in [-0.2, 0) is 9.59 Å². The van der Waals surface area contributed by atoms with Crippen molar-refractivity contribution in [1.82, 2.24) is 9.80 Å². The fraction of sp³-hybridized carbons (Fsp3) is 0.364. The highest BCUT2D eigenvalue weighted by atomic mass is 16.2. The van der Waals surface area contributed by atoms with E-state index < -0.39 is 6.04 Å². The van der Waals surface area contributed by atoms with E-state index in [0.29, 0.717) is 0 Å². The van der Waals surface area contributed by atoms with Crippen molar-refractivity contribution in [3.63, 3.8) is 0 Å². The number of nitrogens with zero attached hydrogens (tertiary/aromatic N) is 2. The molecule has 0 saturated heterocycles. The molecule has 2 amide bonds. The highest BCUT2D eigenvalue weighted by Gasteiger charge is 2.27. The molecule has 0 aromatic heterocycles. The summed E-state index contributed by atoms with van der Waals surface area (Å²) in [6.45, 7) is 6.13.